The molecule has 7 heteroatoms. The van der Waals surface area contributed by atoms with Gasteiger partial charge in [-0.2, -0.15) is 0 Å². The molecule has 0 heterocycles. The molecule has 0 aliphatic carbocycles. The molecule has 1 rings (SSSR count). The van der Waals surface area contributed by atoms with Crippen molar-refractivity contribution in [2.75, 3.05) is 5.73 Å². The van der Waals surface area contributed by atoms with E-state index in [0.29, 0.717) is 5.56 Å². The molecule has 72 valence electrons. The van der Waals surface area contributed by atoms with E-state index in [2.05, 4.69) is 0 Å². The van der Waals surface area contributed by atoms with Crippen LogP contribution in [0.3, 0.4) is 0 Å². The van der Waals surface area contributed by atoms with Crippen molar-refractivity contribution in [2.24, 2.45) is 0 Å². The maximum absolute atomic E-state index is 10.6. The number of anilines is 1. The Morgan fingerprint density at radius 3 is 2.36 bits per heavy atom. The number of hydrogen-bond acceptors (Lipinski definition) is 4. The minimum absolute atomic E-state index is 0. The largest absolute Gasteiger partial charge is 1.00 e. The third kappa shape index (κ3) is 2.85. The summed E-state index contributed by atoms with van der Waals surface area (Å²) in [5, 5.41) is -0.199. The Labute approximate surface area is 109 Å². The van der Waals surface area contributed by atoms with Gasteiger partial charge in [0.1, 0.15) is 10.1 Å². The molecule has 1 aromatic carbocycles. The van der Waals surface area contributed by atoms with Crippen molar-refractivity contribution < 1.29 is 42.5 Å². The van der Waals surface area contributed by atoms with Gasteiger partial charge in [-0.25, -0.2) is 8.42 Å². The Hall–Kier alpha value is 0.220. The molecule has 0 aliphatic heterocycles. The molecule has 0 amide bonds. The number of benzene rings is 1. The summed E-state index contributed by atoms with van der Waals surface area (Å²) in [5.41, 5.74) is 6.20. The van der Waals surface area contributed by atoms with Crippen LogP contribution in [0, 0.1) is 6.92 Å². The van der Waals surface area contributed by atoms with Crippen LogP contribution in [0.2, 0.25) is 5.02 Å². The van der Waals surface area contributed by atoms with Crippen LogP contribution in [-0.2, 0) is 10.1 Å². The monoisotopic (exact) mass is 243 g/mol. The fourth-order valence-electron chi connectivity index (χ4n) is 0.863. The molecule has 0 aromatic heterocycles. The molecule has 0 spiro atoms. The second kappa shape index (κ2) is 4.83. The Morgan fingerprint density at radius 1 is 1.43 bits per heavy atom. The molecule has 14 heavy (non-hydrogen) atoms. The number of rotatable bonds is 1. The normalized spacial score (nSPS) is 10.8. The topological polar surface area (TPSA) is 83.2 Å². The third-order valence-corrected chi connectivity index (χ3v) is 3.03. The summed E-state index contributed by atoms with van der Waals surface area (Å²) in [6.07, 6.45) is 0. The van der Waals surface area contributed by atoms with Crippen molar-refractivity contribution in [3.8, 4) is 0 Å². The zero-order valence-electron chi connectivity index (χ0n) is 7.74. The number of nitrogens with two attached hydrogens (primary N) is 1. The van der Waals surface area contributed by atoms with Crippen molar-refractivity contribution in [1.29, 1.82) is 0 Å². The van der Waals surface area contributed by atoms with E-state index in [1.807, 2.05) is 0 Å². The fraction of sp³-hybridized carbons (Fsp3) is 0.143. The quantitative estimate of drug-likeness (QED) is 0.356. The Morgan fingerprint density at radius 2 is 1.93 bits per heavy atom. The molecule has 0 aliphatic rings. The second-order valence-electron chi connectivity index (χ2n) is 2.56. The van der Waals surface area contributed by atoms with E-state index in [0.717, 1.165) is 6.07 Å². The van der Waals surface area contributed by atoms with E-state index >= 15 is 0 Å². The Kier molecular flexibility index (Phi) is 4.90. The average Bonchev–Trinajstić information content (AvgIpc) is 1.98. The minimum atomic E-state index is -4.53. The van der Waals surface area contributed by atoms with Gasteiger partial charge in [0.2, 0.25) is 0 Å². The number of nitrogen functional groups attached to an aromatic ring is 1. The van der Waals surface area contributed by atoms with Gasteiger partial charge in [-0.15, -0.1) is 0 Å². The fourth-order valence-corrected chi connectivity index (χ4v) is 1.92. The SMILES string of the molecule is Cc1ccc(S(=O)(=O)[O-])c(Cl)c1N.[Na+]. The first-order chi connectivity index (χ1) is 5.84. The molecular weight excluding hydrogens is 237 g/mol. The summed E-state index contributed by atoms with van der Waals surface area (Å²) >= 11 is 5.58. The van der Waals surface area contributed by atoms with Gasteiger partial charge in [0.25, 0.3) is 0 Å². The zero-order valence-corrected chi connectivity index (χ0v) is 11.3. The standard InChI is InChI=1S/C7H8ClNO3S.Na/c1-4-2-3-5(13(10,11)12)6(8)7(4)9;/h2-3H,9H2,1H3,(H,10,11,12);/q;+1/p-1. The van der Waals surface area contributed by atoms with Crippen molar-refractivity contribution in [2.45, 2.75) is 11.8 Å². The average molecular weight is 244 g/mol. The zero-order chi connectivity index (χ0) is 10.2. The van der Waals surface area contributed by atoms with E-state index in [1.165, 1.54) is 6.07 Å². The van der Waals surface area contributed by atoms with Gasteiger partial charge in [0.05, 0.1) is 15.6 Å². The first-order valence-electron chi connectivity index (χ1n) is 3.34. The molecule has 0 atom stereocenters. The third-order valence-electron chi connectivity index (χ3n) is 1.63. The van der Waals surface area contributed by atoms with Gasteiger partial charge in [-0.1, -0.05) is 17.7 Å². The van der Waals surface area contributed by atoms with E-state index in [4.69, 9.17) is 17.3 Å². The maximum atomic E-state index is 10.6. The summed E-state index contributed by atoms with van der Waals surface area (Å²) in [4.78, 5) is -0.475. The van der Waals surface area contributed by atoms with Crippen LogP contribution in [0.5, 0.6) is 0 Å². The Bertz CT molecular complexity index is 446. The predicted molar refractivity (Wildman–Crippen MR) is 48.6 cm³/mol. The molecule has 1 aromatic rings. The van der Waals surface area contributed by atoms with Crippen LogP contribution in [0.1, 0.15) is 5.56 Å². The van der Waals surface area contributed by atoms with Gasteiger partial charge in [-0.05, 0) is 18.6 Å². The van der Waals surface area contributed by atoms with E-state index < -0.39 is 15.0 Å². The number of halogens is 1. The molecule has 0 bridgehead atoms. The van der Waals surface area contributed by atoms with Crippen molar-refractivity contribution >= 4 is 27.4 Å². The summed E-state index contributed by atoms with van der Waals surface area (Å²) in [6.45, 7) is 1.67. The van der Waals surface area contributed by atoms with Crippen LogP contribution in [0.15, 0.2) is 17.0 Å². The second-order valence-corrected chi connectivity index (χ2v) is 4.29. The summed E-state index contributed by atoms with van der Waals surface area (Å²) in [6, 6.07) is 2.59. The van der Waals surface area contributed by atoms with E-state index in [9.17, 15) is 13.0 Å². The number of aryl methyl sites for hydroxylation is 1. The maximum Gasteiger partial charge on any atom is 1.00 e. The van der Waals surface area contributed by atoms with E-state index in [1.54, 1.807) is 6.92 Å². The van der Waals surface area contributed by atoms with Crippen LogP contribution in [0.25, 0.3) is 0 Å². The summed E-state index contributed by atoms with van der Waals surface area (Å²) in [5.74, 6) is 0. The van der Waals surface area contributed by atoms with Gasteiger partial charge >= 0.3 is 29.6 Å². The molecule has 0 radical (unpaired) electrons. The molecule has 2 N–H and O–H groups in total. The summed E-state index contributed by atoms with van der Waals surface area (Å²) in [7, 11) is -4.53. The van der Waals surface area contributed by atoms with E-state index in [-0.39, 0.29) is 40.3 Å². The van der Waals surface area contributed by atoms with Gasteiger partial charge in [0, 0.05) is 0 Å². The molecule has 0 saturated carbocycles. The van der Waals surface area contributed by atoms with Crippen molar-refractivity contribution in [3.63, 3.8) is 0 Å². The summed E-state index contributed by atoms with van der Waals surface area (Å²) < 4.78 is 31.9. The van der Waals surface area contributed by atoms with Gasteiger partial charge in [0.15, 0.2) is 0 Å². The van der Waals surface area contributed by atoms with Crippen LogP contribution >= 0.6 is 11.6 Å². The molecule has 4 nitrogen and oxygen atoms in total. The number of hydrogen-bond donors (Lipinski definition) is 1. The van der Waals surface area contributed by atoms with Crippen LogP contribution in [0.4, 0.5) is 5.69 Å². The van der Waals surface area contributed by atoms with Crippen LogP contribution in [-0.4, -0.2) is 13.0 Å². The predicted octanol–water partition coefficient (Wildman–Crippen LogP) is -1.86. The smallest absolute Gasteiger partial charge is 0.744 e. The van der Waals surface area contributed by atoms with Crippen LogP contribution < -0.4 is 35.3 Å². The molecule has 0 saturated heterocycles. The molecular formula is C7H7ClNNaO3S. The Balaban J connectivity index is 0.00000169. The minimum Gasteiger partial charge on any atom is -0.744 e. The molecule has 0 fully saturated rings. The van der Waals surface area contributed by atoms with Crippen molar-refractivity contribution in [1.82, 2.24) is 0 Å². The first kappa shape index (κ1) is 14.2. The molecule has 0 unspecified atom stereocenters. The van der Waals surface area contributed by atoms with Gasteiger partial charge < -0.3 is 10.3 Å². The van der Waals surface area contributed by atoms with Gasteiger partial charge in [-0.3, -0.25) is 0 Å². The van der Waals surface area contributed by atoms with Crippen molar-refractivity contribution in [3.05, 3.63) is 22.7 Å². The first-order valence-corrected chi connectivity index (χ1v) is 5.13.